The van der Waals surface area contributed by atoms with Gasteiger partial charge in [0.05, 0.1) is 17.0 Å². The average molecular weight is 469 g/mol. The van der Waals surface area contributed by atoms with Gasteiger partial charge in [0.2, 0.25) is 0 Å². The first-order chi connectivity index (χ1) is 16.4. The van der Waals surface area contributed by atoms with Gasteiger partial charge in [0.15, 0.2) is 0 Å². The highest BCUT2D eigenvalue weighted by molar-refractivity contribution is 7.21. The summed E-state index contributed by atoms with van der Waals surface area (Å²) >= 11 is 1.55. The van der Waals surface area contributed by atoms with Gasteiger partial charge in [-0.05, 0) is 42.3 Å². The molecule has 1 fully saturated rings. The van der Waals surface area contributed by atoms with Crippen molar-refractivity contribution in [2.45, 2.75) is 18.4 Å². The average Bonchev–Trinajstić information content (AvgIpc) is 3.51. The van der Waals surface area contributed by atoms with Gasteiger partial charge in [0.25, 0.3) is 0 Å². The number of allylic oxidation sites excluding steroid dienone is 2. The molecule has 6 nitrogen and oxygen atoms in total. The number of nitrogens with zero attached hydrogens (tertiary/aromatic N) is 3. The van der Waals surface area contributed by atoms with Crippen LogP contribution in [-0.4, -0.2) is 39.0 Å². The molecule has 1 saturated heterocycles. The normalized spacial score (nSPS) is 18.0. The molecular weight excluding hydrogens is 444 g/mol. The van der Waals surface area contributed by atoms with Crippen molar-refractivity contribution in [2.75, 3.05) is 18.8 Å². The van der Waals surface area contributed by atoms with Gasteiger partial charge >= 0.3 is 5.97 Å². The molecule has 0 radical (unpaired) electrons. The number of aliphatic carboxylic acids is 1. The van der Waals surface area contributed by atoms with Crippen LogP contribution in [0, 0.1) is 5.92 Å². The second kappa shape index (κ2) is 7.75. The van der Waals surface area contributed by atoms with Crippen LogP contribution in [0.25, 0.3) is 20.9 Å². The van der Waals surface area contributed by atoms with E-state index in [4.69, 9.17) is 20.8 Å². The van der Waals surface area contributed by atoms with Crippen molar-refractivity contribution in [2.24, 2.45) is 5.92 Å². The molecule has 0 saturated carbocycles. The number of likely N-dealkylation sites (tertiary alicyclic amines) is 1. The second-order valence-corrected chi connectivity index (χ2v) is 10.1. The van der Waals surface area contributed by atoms with Crippen LogP contribution in [0.4, 0.5) is 5.69 Å². The van der Waals surface area contributed by atoms with E-state index in [9.17, 15) is 4.79 Å². The maximum absolute atomic E-state index is 11.1. The minimum Gasteiger partial charge on any atom is -0.481 e. The number of hydrogen-bond acceptors (Lipinski definition) is 6. The summed E-state index contributed by atoms with van der Waals surface area (Å²) in [5.74, 6) is -0.996. The van der Waals surface area contributed by atoms with E-state index in [0.717, 1.165) is 32.2 Å². The van der Waals surface area contributed by atoms with Crippen molar-refractivity contribution in [3.05, 3.63) is 89.6 Å². The van der Waals surface area contributed by atoms with Crippen LogP contribution in [0.1, 0.15) is 29.8 Å². The van der Waals surface area contributed by atoms with Crippen LogP contribution in [0.2, 0.25) is 0 Å². The van der Waals surface area contributed by atoms with Gasteiger partial charge in [-0.3, -0.25) is 9.69 Å². The van der Waals surface area contributed by atoms with Gasteiger partial charge in [-0.15, -0.1) is 0 Å². The molecule has 1 aliphatic carbocycles. The van der Waals surface area contributed by atoms with Crippen molar-refractivity contribution in [1.29, 1.82) is 0 Å². The minimum absolute atomic E-state index is 0.117. The molecule has 170 valence electrons. The zero-order chi connectivity index (χ0) is 23.4. The number of aromatic nitrogens is 2. The van der Waals surface area contributed by atoms with E-state index in [1.54, 1.807) is 11.3 Å². The Balaban J connectivity index is 1.27. The fourth-order valence-electron chi connectivity index (χ4n) is 4.70. The van der Waals surface area contributed by atoms with Crippen molar-refractivity contribution < 1.29 is 9.90 Å². The minimum atomic E-state index is -0.724. The standard InChI is InChI=1S/C27H24N4O2S/c1-16(31-14-18(15-31)26(32)33)17-7-8-20(21(28)13-17)24-29-22-9-10-23(30-25(22)34-24)27(11-12-27)19-5-3-2-4-6-19/h2-13,16,18H,14-15,28H2,1H3,(H,32,33). The molecule has 1 unspecified atom stereocenters. The first kappa shape index (κ1) is 21.0. The van der Waals surface area contributed by atoms with Gasteiger partial charge in [0, 0.05) is 30.4 Å². The summed E-state index contributed by atoms with van der Waals surface area (Å²) < 4.78 is 0. The van der Waals surface area contributed by atoms with Gasteiger partial charge in [-0.25, -0.2) is 9.97 Å². The lowest BCUT2D eigenvalue weighted by Gasteiger charge is -2.41. The maximum atomic E-state index is 11.1. The largest absolute Gasteiger partial charge is 0.481 e. The molecule has 3 heterocycles. The Morgan fingerprint density at radius 1 is 1.12 bits per heavy atom. The number of thiazole rings is 1. The lowest BCUT2D eigenvalue weighted by molar-refractivity contribution is -0.148. The quantitative estimate of drug-likeness (QED) is 0.310. The number of carboxylic acids is 1. The zero-order valence-corrected chi connectivity index (χ0v) is 19.5. The molecule has 2 aromatic heterocycles. The Morgan fingerprint density at radius 2 is 1.88 bits per heavy atom. The predicted molar refractivity (Wildman–Crippen MR) is 135 cm³/mol. The van der Waals surface area contributed by atoms with Gasteiger partial charge in [-0.1, -0.05) is 59.9 Å². The van der Waals surface area contributed by atoms with Crippen molar-refractivity contribution in [1.82, 2.24) is 14.9 Å². The molecule has 1 atom stereocenters. The summed E-state index contributed by atoms with van der Waals surface area (Å²) in [6, 6.07) is 20.7. The molecule has 2 aromatic carbocycles. The third-order valence-electron chi connectivity index (χ3n) is 7.03. The second-order valence-electron chi connectivity index (χ2n) is 9.12. The van der Waals surface area contributed by atoms with Crippen molar-refractivity contribution in [3.8, 4) is 10.6 Å². The fourth-order valence-corrected chi connectivity index (χ4v) is 5.69. The molecule has 34 heavy (non-hydrogen) atoms. The molecule has 7 heteroatoms. The highest BCUT2D eigenvalue weighted by Gasteiger charge is 2.39. The summed E-state index contributed by atoms with van der Waals surface area (Å²) in [5, 5.41) is 9.98. The summed E-state index contributed by atoms with van der Waals surface area (Å²) in [6.45, 7) is 3.23. The summed E-state index contributed by atoms with van der Waals surface area (Å²) in [6.07, 6.45) is 4.38. The van der Waals surface area contributed by atoms with Crippen LogP contribution in [-0.2, 0) is 10.2 Å². The van der Waals surface area contributed by atoms with E-state index in [2.05, 4.69) is 60.4 Å². The Labute approximate surface area is 201 Å². The lowest BCUT2D eigenvalue weighted by atomic mass is 9.89. The Hall–Kier alpha value is -3.55. The maximum Gasteiger partial charge on any atom is 0.309 e. The first-order valence-corrected chi connectivity index (χ1v) is 12.2. The highest BCUT2D eigenvalue weighted by Crippen LogP contribution is 2.45. The van der Waals surface area contributed by atoms with Crippen LogP contribution in [0.5, 0.6) is 0 Å². The molecule has 4 aromatic rings. The number of rotatable bonds is 6. The van der Waals surface area contributed by atoms with Crippen LogP contribution < -0.4 is 5.73 Å². The van der Waals surface area contributed by atoms with E-state index in [1.807, 2.05) is 24.3 Å². The molecule has 6 rings (SSSR count). The third kappa shape index (κ3) is 3.40. The third-order valence-corrected chi connectivity index (χ3v) is 8.02. The summed E-state index contributed by atoms with van der Waals surface area (Å²) in [7, 11) is 0. The number of nitrogen functional groups attached to an aromatic ring is 1. The Kier molecular flexibility index (Phi) is 4.79. The van der Waals surface area contributed by atoms with Gasteiger partial charge in [0.1, 0.15) is 15.4 Å². The van der Waals surface area contributed by atoms with Gasteiger partial charge < -0.3 is 10.8 Å². The molecular formula is C27H24N4O2S. The number of pyridine rings is 1. The van der Waals surface area contributed by atoms with E-state index < -0.39 is 5.97 Å². The summed E-state index contributed by atoms with van der Waals surface area (Å²) in [5.41, 5.74) is 12.0. The Bertz CT molecular complexity index is 1430. The van der Waals surface area contributed by atoms with Crippen LogP contribution in [0.15, 0.2) is 72.8 Å². The number of hydrogen-bond donors (Lipinski definition) is 2. The SMILES string of the molecule is CC(c1ccc(-c2nc3ccc(C4(c5ccccc5)C=C4)nc3s2)c(N)c1)N1CC(C(=O)O)C1. The lowest BCUT2D eigenvalue weighted by Crippen LogP contribution is -2.51. The molecule has 3 N–H and O–H groups in total. The van der Waals surface area contributed by atoms with Crippen LogP contribution >= 0.6 is 11.3 Å². The smallest absolute Gasteiger partial charge is 0.309 e. The van der Waals surface area contributed by atoms with E-state index in [0.29, 0.717) is 18.8 Å². The van der Waals surface area contributed by atoms with E-state index in [-0.39, 0.29) is 17.4 Å². The first-order valence-electron chi connectivity index (χ1n) is 11.4. The molecule has 2 aliphatic rings. The highest BCUT2D eigenvalue weighted by atomic mass is 32.1. The fraction of sp³-hybridized carbons (Fsp3) is 0.222. The topological polar surface area (TPSA) is 92.3 Å². The molecule has 1 aliphatic heterocycles. The van der Waals surface area contributed by atoms with Gasteiger partial charge in [-0.2, -0.15) is 0 Å². The van der Waals surface area contributed by atoms with Crippen LogP contribution in [0.3, 0.4) is 0 Å². The van der Waals surface area contributed by atoms with Crippen molar-refractivity contribution >= 4 is 33.3 Å². The number of nitrogens with two attached hydrogens (primary N) is 1. The number of carboxylic acid groups (broad SMARTS) is 1. The molecule has 0 spiro atoms. The zero-order valence-electron chi connectivity index (χ0n) is 18.7. The number of carbonyl (C=O) groups is 1. The van der Waals surface area contributed by atoms with E-state index >= 15 is 0 Å². The van der Waals surface area contributed by atoms with E-state index in [1.165, 1.54) is 5.56 Å². The Morgan fingerprint density at radius 3 is 2.56 bits per heavy atom. The van der Waals surface area contributed by atoms with Crippen molar-refractivity contribution in [3.63, 3.8) is 0 Å². The number of fused-ring (bicyclic) bond motifs is 1. The molecule has 0 bridgehead atoms. The monoisotopic (exact) mass is 468 g/mol. The predicted octanol–water partition coefficient (Wildman–Crippen LogP) is 4.87. The summed E-state index contributed by atoms with van der Waals surface area (Å²) in [4.78, 5) is 23.9. The number of anilines is 1. The number of benzene rings is 2. The molecule has 0 amide bonds.